The van der Waals surface area contributed by atoms with Crippen LogP contribution in [0.25, 0.3) is 0 Å². The molecule has 28 heavy (non-hydrogen) atoms. The zero-order valence-corrected chi connectivity index (χ0v) is 20.0. The van der Waals surface area contributed by atoms with Crippen molar-refractivity contribution in [3.05, 3.63) is 29.3 Å². The van der Waals surface area contributed by atoms with Crippen LogP contribution in [-0.2, 0) is 4.74 Å². The number of nitrogens with one attached hydrogen (secondary N) is 2. The van der Waals surface area contributed by atoms with Crippen molar-refractivity contribution < 1.29 is 4.74 Å². The Morgan fingerprint density at radius 1 is 1.32 bits per heavy atom. The van der Waals surface area contributed by atoms with Gasteiger partial charge in [0.05, 0.1) is 6.10 Å². The molecule has 2 saturated heterocycles. The van der Waals surface area contributed by atoms with E-state index in [9.17, 15) is 0 Å². The molecule has 0 bridgehead atoms. The zero-order chi connectivity index (χ0) is 19.0. The van der Waals surface area contributed by atoms with Crippen molar-refractivity contribution in [2.45, 2.75) is 51.8 Å². The second kappa shape index (κ2) is 8.96. The molecule has 2 heterocycles. The van der Waals surface area contributed by atoms with Gasteiger partial charge in [0.15, 0.2) is 5.96 Å². The van der Waals surface area contributed by atoms with Gasteiger partial charge < -0.3 is 20.3 Å². The molecule has 4 unspecified atom stereocenters. The number of guanidine groups is 1. The molecule has 0 radical (unpaired) electrons. The van der Waals surface area contributed by atoms with E-state index in [4.69, 9.17) is 21.3 Å². The van der Waals surface area contributed by atoms with Crippen molar-refractivity contribution in [2.24, 2.45) is 16.3 Å². The van der Waals surface area contributed by atoms with Gasteiger partial charge in [0.1, 0.15) is 0 Å². The molecule has 7 heteroatoms. The standard InChI is InChI=1S/C21H31ClN4O.HI/c1-4-23-20(25-18-17-9-11-27-19(17)21(18,2)3)24-15-8-10-26(13-15)16-7-5-6-14(22)12-16;/h5-7,12,15,17-19H,4,8-11,13H2,1-3H3,(H2,23,24,25);1H. The number of hydrogen-bond acceptors (Lipinski definition) is 3. The van der Waals surface area contributed by atoms with Gasteiger partial charge >= 0.3 is 0 Å². The fourth-order valence-electron chi connectivity index (χ4n) is 5.03. The molecule has 1 saturated carbocycles. The Kier molecular flexibility index (Phi) is 7.03. The largest absolute Gasteiger partial charge is 0.377 e. The summed E-state index contributed by atoms with van der Waals surface area (Å²) < 4.78 is 5.93. The van der Waals surface area contributed by atoms with Crippen LogP contribution in [0, 0.1) is 11.3 Å². The lowest BCUT2D eigenvalue weighted by Gasteiger charge is -2.55. The minimum Gasteiger partial charge on any atom is -0.377 e. The molecule has 4 atom stereocenters. The van der Waals surface area contributed by atoms with Crippen LogP contribution in [-0.4, -0.2) is 50.4 Å². The summed E-state index contributed by atoms with van der Waals surface area (Å²) in [5, 5.41) is 8.19. The molecule has 2 aliphatic heterocycles. The van der Waals surface area contributed by atoms with Gasteiger partial charge in [0.25, 0.3) is 0 Å². The number of benzene rings is 1. The Morgan fingerprint density at radius 2 is 2.14 bits per heavy atom. The molecule has 3 fully saturated rings. The first-order chi connectivity index (χ1) is 13.0. The molecular formula is C21H32ClIN4O. The monoisotopic (exact) mass is 518 g/mol. The Balaban J connectivity index is 0.00000225. The lowest BCUT2D eigenvalue weighted by atomic mass is 9.57. The van der Waals surface area contributed by atoms with Crippen molar-refractivity contribution in [3.63, 3.8) is 0 Å². The van der Waals surface area contributed by atoms with Gasteiger partial charge in [0.2, 0.25) is 0 Å². The molecule has 5 nitrogen and oxygen atoms in total. The number of rotatable bonds is 4. The molecule has 0 spiro atoms. The molecule has 1 aliphatic carbocycles. The average molecular weight is 519 g/mol. The smallest absolute Gasteiger partial charge is 0.191 e. The van der Waals surface area contributed by atoms with E-state index in [1.165, 1.54) is 5.69 Å². The molecule has 156 valence electrons. The highest BCUT2D eigenvalue weighted by molar-refractivity contribution is 14.0. The second-order valence-electron chi connectivity index (χ2n) is 8.57. The van der Waals surface area contributed by atoms with Crippen LogP contribution in [0.3, 0.4) is 0 Å². The van der Waals surface area contributed by atoms with Crippen LogP contribution >= 0.6 is 35.6 Å². The summed E-state index contributed by atoms with van der Waals surface area (Å²) in [5.41, 5.74) is 1.35. The minimum atomic E-state index is 0. The van der Waals surface area contributed by atoms with Crippen LogP contribution in [0.15, 0.2) is 29.3 Å². The van der Waals surface area contributed by atoms with E-state index in [0.29, 0.717) is 24.1 Å². The van der Waals surface area contributed by atoms with Crippen molar-refractivity contribution >= 4 is 47.2 Å². The minimum absolute atomic E-state index is 0. The van der Waals surface area contributed by atoms with Crippen LogP contribution < -0.4 is 15.5 Å². The predicted octanol–water partition coefficient (Wildman–Crippen LogP) is 3.91. The summed E-state index contributed by atoms with van der Waals surface area (Å²) >= 11 is 6.15. The fourth-order valence-corrected chi connectivity index (χ4v) is 5.22. The summed E-state index contributed by atoms with van der Waals surface area (Å²) in [6.45, 7) is 10.4. The number of nitrogens with zero attached hydrogens (tertiary/aromatic N) is 2. The highest BCUT2D eigenvalue weighted by Gasteiger charge is 2.59. The van der Waals surface area contributed by atoms with E-state index in [1.54, 1.807) is 0 Å². The van der Waals surface area contributed by atoms with Crippen LogP contribution in [0.1, 0.15) is 33.6 Å². The maximum atomic E-state index is 6.15. The number of ether oxygens (including phenoxy) is 1. The third-order valence-electron chi connectivity index (χ3n) is 6.41. The summed E-state index contributed by atoms with van der Waals surface area (Å²) in [4.78, 5) is 7.11. The van der Waals surface area contributed by atoms with Crippen molar-refractivity contribution in [2.75, 3.05) is 31.1 Å². The lowest BCUT2D eigenvalue weighted by molar-refractivity contribution is -0.106. The first kappa shape index (κ1) is 22.0. The zero-order valence-electron chi connectivity index (χ0n) is 17.0. The van der Waals surface area contributed by atoms with E-state index in [0.717, 1.165) is 50.1 Å². The Labute approximate surface area is 190 Å². The molecule has 3 aliphatic rings. The lowest BCUT2D eigenvalue weighted by Crippen LogP contribution is -2.68. The van der Waals surface area contributed by atoms with Crippen LogP contribution in [0.2, 0.25) is 5.02 Å². The van der Waals surface area contributed by atoms with Crippen molar-refractivity contribution in [3.8, 4) is 0 Å². The van der Waals surface area contributed by atoms with Gasteiger partial charge in [-0.05, 0) is 38.0 Å². The van der Waals surface area contributed by atoms with Crippen molar-refractivity contribution in [1.82, 2.24) is 10.6 Å². The maximum Gasteiger partial charge on any atom is 0.191 e. The normalized spacial score (nSPS) is 31.0. The number of aliphatic imine (C=N–C) groups is 1. The molecule has 1 aromatic carbocycles. The summed E-state index contributed by atoms with van der Waals surface area (Å²) in [7, 11) is 0. The number of fused-ring (bicyclic) bond motifs is 1. The third-order valence-corrected chi connectivity index (χ3v) is 6.65. The highest BCUT2D eigenvalue weighted by Crippen LogP contribution is 2.52. The molecule has 0 amide bonds. The molecule has 0 aromatic heterocycles. The topological polar surface area (TPSA) is 48.9 Å². The van der Waals surface area contributed by atoms with E-state index >= 15 is 0 Å². The summed E-state index contributed by atoms with van der Waals surface area (Å²) in [6.07, 6.45) is 2.64. The second-order valence-corrected chi connectivity index (χ2v) is 9.00. The first-order valence-electron chi connectivity index (χ1n) is 10.2. The first-order valence-corrected chi connectivity index (χ1v) is 10.6. The average Bonchev–Trinajstić information content (AvgIpc) is 3.28. The maximum absolute atomic E-state index is 6.15. The summed E-state index contributed by atoms with van der Waals surface area (Å²) in [6, 6.07) is 8.93. The number of anilines is 1. The predicted molar refractivity (Wildman–Crippen MR) is 127 cm³/mol. The van der Waals surface area contributed by atoms with Gasteiger partial charge in [-0.1, -0.05) is 31.5 Å². The van der Waals surface area contributed by atoms with Gasteiger partial charge in [0, 0.05) is 60.4 Å². The highest BCUT2D eigenvalue weighted by atomic mass is 127. The SMILES string of the molecule is CCN=C(NC1CCN(c2cccc(Cl)c2)C1)NC1C2CCOC2C1(C)C.I. The van der Waals surface area contributed by atoms with Crippen LogP contribution in [0.4, 0.5) is 5.69 Å². The Morgan fingerprint density at radius 3 is 2.89 bits per heavy atom. The molecular weight excluding hydrogens is 487 g/mol. The number of halogens is 2. The molecule has 4 rings (SSSR count). The van der Waals surface area contributed by atoms with Gasteiger partial charge in [-0.3, -0.25) is 4.99 Å². The van der Waals surface area contributed by atoms with Crippen LogP contribution in [0.5, 0.6) is 0 Å². The van der Waals surface area contributed by atoms with E-state index in [-0.39, 0.29) is 29.4 Å². The summed E-state index contributed by atoms with van der Waals surface area (Å²) in [5.74, 6) is 1.55. The Hall–Kier alpha value is -0.730. The van der Waals surface area contributed by atoms with Gasteiger partial charge in [-0.25, -0.2) is 0 Å². The van der Waals surface area contributed by atoms with Gasteiger partial charge in [-0.15, -0.1) is 24.0 Å². The van der Waals surface area contributed by atoms with E-state index < -0.39 is 0 Å². The Bertz CT molecular complexity index is 713. The molecule has 1 aromatic rings. The molecule has 2 N–H and O–H groups in total. The number of hydrogen-bond donors (Lipinski definition) is 2. The van der Waals surface area contributed by atoms with E-state index in [1.807, 2.05) is 18.2 Å². The van der Waals surface area contributed by atoms with Crippen molar-refractivity contribution in [1.29, 1.82) is 0 Å². The van der Waals surface area contributed by atoms with Gasteiger partial charge in [-0.2, -0.15) is 0 Å². The third kappa shape index (κ3) is 4.24. The van der Waals surface area contributed by atoms with E-state index in [2.05, 4.69) is 42.4 Å². The fraction of sp³-hybridized carbons (Fsp3) is 0.667. The quantitative estimate of drug-likeness (QED) is 0.361.